The average molecular weight is 297 g/mol. The Morgan fingerprint density at radius 3 is 2.37 bits per heavy atom. The molecular weight excluding hydrogens is 284 g/mol. The molecule has 2 aromatic carbocycles. The van der Waals surface area contributed by atoms with Crippen molar-refractivity contribution >= 4 is 19.7 Å². The van der Waals surface area contributed by atoms with E-state index in [9.17, 15) is 8.42 Å². The molecule has 0 radical (unpaired) electrons. The number of hydrogen-bond donors (Lipinski definition) is 0. The molecule has 0 aliphatic heterocycles. The first-order valence-electron chi connectivity index (χ1n) is 5.69. The van der Waals surface area contributed by atoms with Crippen molar-refractivity contribution in [1.29, 1.82) is 0 Å². The number of hydrogen-bond acceptors (Lipinski definition) is 3. The van der Waals surface area contributed by atoms with Gasteiger partial charge in [0, 0.05) is 10.7 Å². The van der Waals surface area contributed by atoms with Crippen LogP contribution in [0.4, 0.5) is 0 Å². The van der Waals surface area contributed by atoms with Crippen molar-refractivity contribution < 1.29 is 13.2 Å². The number of ether oxygens (including phenoxy) is 1. The molecule has 0 fully saturated rings. The first-order valence-corrected chi connectivity index (χ1v) is 8.00. The molecular formula is C14H13ClO3S. The SMILES string of the molecule is Cc1c(COc2ccccc2)cccc1S(=O)(=O)Cl. The Hall–Kier alpha value is -1.52. The molecule has 0 atom stereocenters. The summed E-state index contributed by atoms with van der Waals surface area (Å²) in [4.78, 5) is 0.128. The van der Waals surface area contributed by atoms with Crippen LogP contribution in [0.2, 0.25) is 0 Å². The van der Waals surface area contributed by atoms with Crippen molar-refractivity contribution in [2.45, 2.75) is 18.4 Å². The van der Waals surface area contributed by atoms with Crippen molar-refractivity contribution in [2.24, 2.45) is 0 Å². The van der Waals surface area contributed by atoms with Gasteiger partial charge in [0.1, 0.15) is 12.4 Å². The summed E-state index contributed by atoms with van der Waals surface area (Å²) in [6, 6.07) is 14.3. The molecule has 0 N–H and O–H groups in total. The maximum atomic E-state index is 11.4. The fraction of sp³-hybridized carbons (Fsp3) is 0.143. The lowest BCUT2D eigenvalue weighted by Gasteiger charge is -2.10. The second kappa shape index (κ2) is 5.63. The zero-order valence-electron chi connectivity index (χ0n) is 10.3. The minimum atomic E-state index is -3.72. The Kier molecular flexibility index (Phi) is 4.12. The van der Waals surface area contributed by atoms with Crippen LogP contribution >= 0.6 is 10.7 Å². The summed E-state index contributed by atoms with van der Waals surface area (Å²) in [7, 11) is 1.66. The van der Waals surface area contributed by atoms with Gasteiger partial charge in [-0.25, -0.2) is 8.42 Å². The molecule has 5 heteroatoms. The molecule has 0 aromatic heterocycles. The summed E-state index contributed by atoms with van der Waals surface area (Å²) in [5.41, 5.74) is 1.42. The highest BCUT2D eigenvalue weighted by Gasteiger charge is 2.15. The van der Waals surface area contributed by atoms with E-state index in [1.165, 1.54) is 6.07 Å². The van der Waals surface area contributed by atoms with Gasteiger partial charge >= 0.3 is 0 Å². The van der Waals surface area contributed by atoms with E-state index in [4.69, 9.17) is 15.4 Å². The topological polar surface area (TPSA) is 43.4 Å². The zero-order valence-corrected chi connectivity index (χ0v) is 11.9. The Bertz CT molecular complexity index is 666. The van der Waals surface area contributed by atoms with Crippen molar-refractivity contribution in [3.8, 4) is 5.75 Å². The summed E-state index contributed by atoms with van der Waals surface area (Å²) in [6.45, 7) is 2.02. The Morgan fingerprint density at radius 1 is 1.05 bits per heavy atom. The first-order chi connectivity index (χ1) is 8.98. The van der Waals surface area contributed by atoms with Gasteiger partial charge < -0.3 is 4.74 Å². The fourth-order valence-corrected chi connectivity index (χ4v) is 3.00. The Morgan fingerprint density at radius 2 is 1.74 bits per heavy atom. The van der Waals surface area contributed by atoms with Gasteiger partial charge in [-0.1, -0.05) is 30.3 Å². The molecule has 0 heterocycles. The summed E-state index contributed by atoms with van der Waals surface area (Å²) >= 11 is 0. The Labute approximate surface area is 117 Å². The van der Waals surface area contributed by atoms with Crippen molar-refractivity contribution in [1.82, 2.24) is 0 Å². The lowest BCUT2D eigenvalue weighted by molar-refractivity contribution is 0.305. The van der Waals surface area contributed by atoms with Crippen LogP contribution in [0.25, 0.3) is 0 Å². The first kappa shape index (κ1) is 13.9. The summed E-state index contributed by atoms with van der Waals surface area (Å²) in [5.74, 6) is 0.737. The number of benzene rings is 2. The molecule has 0 aliphatic carbocycles. The third-order valence-electron chi connectivity index (χ3n) is 2.80. The number of halogens is 1. The predicted octanol–water partition coefficient (Wildman–Crippen LogP) is 3.50. The van der Waals surface area contributed by atoms with Gasteiger partial charge in [0.15, 0.2) is 0 Å². The standard InChI is InChI=1S/C14H13ClO3S/c1-11-12(6-5-9-14(11)19(15,16)17)10-18-13-7-3-2-4-8-13/h2-9H,10H2,1H3. The van der Waals surface area contributed by atoms with Crippen LogP contribution in [-0.4, -0.2) is 8.42 Å². The maximum absolute atomic E-state index is 11.4. The van der Waals surface area contributed by atoms with E-state index in [2.05, 4.69) is 0 Å². The van der Waals surface area contributed by atoms with E-state index >= 15 is 0 Å². The molecule has 0 saturated carbocycles. The minimum absolute atomic E-state index is 0.128. The van der Waals surface area contributed by atoms with Gasteiger partial charge in [-0.05, 0) is 36.2 Å². The molecule has 0 aliphatic rings. The van der Waals surface area contributed by atoms with Gasteiger partial charge in [0.05, 0.1) is 4.90 Å². The van der Waals surface area contributed by atoms with E-state index in [1.807, 2.05) is 36.4 Å². The molecule has 0 saturated heterocycles. The van der Waals surface area contributed by atoms with Crippen LogP contribution in [0.1, 0.15) is 11.1 Å². The predicted molar refractivity (Wildman–Crippen MR) is 75.0 cm³/mol. The highest BCUT2D eigenvalue weighted by molar-refractivity contribution is 8.13. The average Bonchev–Trinajstić information content (AvgIpc) is 2.37. The molecule has 0 amide bonds. The highest BCUT2D eigenvalue weighted by atomic mass is 35.7. The molecule has 100 valence electrons. The van der Waals surface area contributed by atoms with Gasteiger partial charge in [0.2, 0.25) is 0 Å². The van der Waals surface area contributed by atoms with Gasteiger partial charge in [0.25, 0.3) is 9.05 Å². The normalized spacial score (nSPS) is 11.3. The molecule has 0 spiro atoms. The van der Waals surface area contributed by atoms with Crippen LogP contribution in [0.3, 0.4) is 0 Å². The zero-order chi connectivity index (χ0) is 13.9. The molecule has 3 nitrogen and oxygen atoms in total. The van der Waals surface area contributed by atoms with Crippen LogP contribution in [-0.2, 0) is 15.7 Å². The van der Waals surface area contributed by atoms with Crippen molar-refractivity contribution in [3.63, 3.8) is 0 Å². The largest absolute Gasteiger partial charge is 0.489 e. The molecule has 2 rings (SSSR count). The maximum Gasteiger partial charge on any atom is 0.261 e. The fourth-order valence-electron chi connectivity index (χ4n) is 1.76. The number of para-hydroxylation sites is 1. The molecule has 0 unspecified atom stereocenters. The lowest BCUT2D eigenvalue weighted by atomic mass is 10.1. The van der Waals surface area contributed by atoms with E-state index in [1.54, 1.807) is 13.0 Å². The molecule has 0 bridgehead atoms. The summed E-state index contributed by atoms with van der Waals surface area (Å²) < 4.78 is 28.4. The van der Waals surface area contributed by atoms with E-state index < -0.39 is 9.05 Å². The van der Waals surface area contributed by atoms with Gasteiger partial charge in [-0.2, -0.15) is 0 Å². The van der Waals surface area contributed by atoms with E-state index in [-0.39, 0.29) is 4.90 Å². The lowest BCUT2D eigenvalue weighted by Crippen LogP contribution is -2.02. The molecule has 2 aromatic rings. The van der Waals surface area contributed by atoms with Crippen LogP contribution < -0.4 is 4.74 Å². The summed E-state index contributed by atoms with van der Waals surface area (Å²) in [5, 5.41) is 0. The second-order valence-corrected chi connectivity index (χ2v) is 6.61. The third kappa shape index (κ3) is 3.49. The monoisotopic (exact) mass is 296 g/mol. The van der Waals surface area contributed by atoms with Gasteiger partial charge in [-0.15, -0.1) is 0 Å². The van der Waals surface area contributed by atoms with Crippen LogP contribution in [0.5, 0.6) is 5.75 Å². The van der Waals surface area contributed by atoms with Gasteiger partial charge in [-0.3, -0.25) is 0 Å². The minimum Gasteiger partial charge on any atom is -0.489 e. The third-order valence-corrected chi connectivity index (χ3v) is 4.26. The Balaban J connectivity index is 2.23. The van der Waals surface area contributed by atoms with Crippen molar-refractivity contribution in [3.05, 3.63) is 59.7 Å². The second-order valence-electron chi connectivity index (χ2n) is 4.08. The number of rotatable bonds is 4. The quantitative estimate of drug-likeness (QED) is 0.811. The highest BCUT2D eigenvalue weighted by Crippen LogP contribution is 2.23. The van der Waals surface area contributed by atoms with Crippen LogP contribution in [0, 0.1) is 6.92 Å². The smallest absolute Gasteiger partial charge is 0.261 e. The molecule has 19 heavy (non-hydrogen) atoms. The van der Waals surface area contributed by atoms with E-state index in [0.717, 1.165) is 11.3 Å². The van der Waals surface area contributed by atoms with Crippen LogP contribution in [0.15, 0.2) is 53.4 Å². The summed E-state index contributed by atoms with van der Waals surface area (Å²) in [6.07, 6.45) is 0. The van der Waals surface area contributed by atoms with E-state index in [0.29, 0.717) is 12.2 Å². The van der Waals surface area contributed by atoms with Crippen molar-refractivity contribution in [2.75, 3.05) is 0 Å².